The van der Waals surface area contributed by atoms with Gasteiger partial charge in [0.05, 0.1) is 45.4 Å². The fraction of sp³-hybridized carbons (Fsp3) is 0.114. The number of nitrogens with zero attached hydrogens (tertiary/aromatic N) is 4. The summed E-state index contributed by atoms with van der Waals surface area (Å²) >= 11 is 1.27. The first-order valence-electron chi connectivity index (χ1n) is 17.5. The van der Waals surface area contributed by atoms with Crippen molar-refractivity contribution in [2.75, 3.05) is 39.5 Å². The van der Waals surface area contributed by atoms with Gasteiger partial charge in [-0.3, -0.25) is 14.2 Å². The van der Waals surface area contributed by atoms with E-state index in [4.69, 9.17) is 23.9 Å². The molecule has 0 radical (unpaired) electrons. The second-order valence-electron chi connectivity index (χ2n) is 12.3. The van der Waals surface area contributed by atoms with Crippen LogP contribution in [0.5, 0.6) is 23.0 Å². The highest BCUT2D eigenvalue weighted by molar-refractivity contribution is 7.99. The van der Waals surface area contributed by atoms with Crippen molar-refractivity contribution in [2.45, 2.75) is 5.16 Å². The van der Waals surface area contributed by atoms with Crippen LogP contribution in [0.4, 0.5) is 5.69 Å². The van der Waals surface area contributed by atoms with Crippen LogP contribution in [0.15, 0.2) is 133 Å². The Morgan fingerprint density at radius 1 is 0.750 bits per heavy atom. The molecule has 7 rings (SSSR count). The van der Waals surface area contributed by atoms with Crippen molar-refractivity contribution in [3.8, 4) is 51.3 Å². The Bertz CT molecular complexity index is 2510. The van der Waals surface area contributed by atoms with Gasteiger partial charge in [0.1, 0.15) is 5.75 Å². The van der Waals surface area contributed by atoms with Gasteiger partial charge in [-0.2, -0.15) is 0 Å². The molecule has 0 aliphatic heterocycles. The maximum absolute atomic E-state index is 13.2. The van der Waals surface area contributed by atoms with Crippen LogP contribution in [0, 0.1) is 0 Å². The number of hydrogen-bond acceptors (Lipinski definition) is 10. The van der Waals surface area contributed by atoms with Gasteiger partial charge in [-0.05, 0) is 96.6 Å². The summed E-state index contributed by atoms with van der Waals surface area (Å²) in [7, 11) is 6.24. The quantitative estimate of drug-likeness (QED) is 0.0653. The molecule has 0 aliphatic carbocycles. The largest absolute Gasteiger partial charge is 0.497 e. The van der Waals surface area contributed by atoms with Gasteiger partial charge in [0.25, 0.3) is 0 Å². The van der Waals surface area contributed by atoms with Crippen LogP contribution in [-0.4, -0.2) is 65.6 Å². The number of benzene rings is 5. The van der Waals surface area contributed by atoms with Crippen LogP contribution in [0.3, 0.4) is 0 Å². The van der Waals surface area contributed by atoms with Gasteiger partial charge >= 0.3 is 0 Å². The highest BCUT2D eigenvalue weighted by Crippen LogP contribution is 2.39. The van der Waals surface area contributed by atoms with Crippen molar-refractivity contribution >= 4 is 46.1 Å². The van der Waals surface area contributed by atoms with Crippen LogP contribution < -0.4 is 24.3 Å². The minimum atomic E-state index is -0.239. The third-order valence-corrected chi connectivity index (χ3v) is 9.82. The molecule has 0 saturated heterocycles. The maximum Gasteiger partial charge on any atom is 0.234 e. The van der Waals surface area contributed by atoms with Crippen molar-refractivity contribution < 1.29 is 28.5 Å². The number of para-hydroxylation sites is 2. The molecule has 0 spiro atoms. The maximum atomic E-state index is 13.2. The van der Waals surface area contributed by atoms with Crippen molar-refractivity contribution in [3.05, 3.63) is 139 Å². The molecule has 11 nitrogen and oxygen atoms in total. The van der Waals surface area contributed by atoms with Gasteiger partial charge in [-0.1, -0.05) is 54.2 Å². The Hall–Kier alpha value is -6.92. The lowest BCUT2D eigenvalue weighted by Crippen LogP contribution is -2.14. The van der Waals surface area contributed by atoms with Crippen molar-refractivity contribution in [1.29, 1.82) is 0 Å². The number of allylic oxidation sites excluding steroid dienone is 1. The summed E-state index contributed by atoms with van der Waals surface area (Å²) < 4.78 is 23.5. The second-order valence-corrected chi connectivity index (χ2v) is 13.3. The Morgan fingerprint density at radius 2 is 1.45 bits per heavy atom. The summed E-state index contributed by atoms with van der Waals surface area (Å²) in [6.45, 7) is 0. The second kappa shape index (κ2) is 17.0. The standard InChI is InChI=1S/C44H37N5O6S/c1-52-33-21-17-29(18-22-33)37-26-35(34-12-8-9-13-36(34)46-37)43-47-48-44(49(43)32-10-6-5-7-11-32)56-27-41(51)45-31-19-15-30(16-20-31)38(50)23-14-28-24-39(53-2)42(55-4)40(25-28)54-3/h5-26H,27H2,1-4H3,(H,45,51)/b23-14+. The zero-order valence-corrected chi connectivity index (χ0v) is 31.9. The van der Waals surface area contributed by atoms with E-state index in [1.807, 2.05) is 89.5 Å². The molecule has 0 fully saturated rings. The number of fused-ring (bicyclic) bond motifs is 1. The van der Waals surface area contributed by atoms with Gasteiger partial charge in [0, 0.05) is 33.5 Å². The van der Waals surface area contributed by atoms with E-state index >= 15 is 0 Å². The predicted molar refractivity (Wildman–Crippen MR) is 219 cm³/mol. The van der Waals surface area contributed by atoms with Crippen LogP contribution in [0.1, 0.15) is 15.9 Å². The molecular formula is C44H37N5O6S. The van der Waals surface area contributed by atoms with E-state index in [1.54, 1.807) is 49.6 Å². The number of pyridine rings is 1. The van der Waals surface area contributed by atoms with Gasteiger partial charge in [0.2, 0.25) is 11.7 Å². The summed E-state index contributed by atoms with van der Waals surface area (Å²) in [4.78, 5) is 31.2. The fourth-order valence-corrected chi connectivity index (χ4v) is 6.88. The molecule has 0 bridgehead atoms. The molecule has 1 N–H and O–H groups in total. The Balaban J connectivity index is 1.09. The number of ether oxygens (including phenoxy) is 4. The number of anilines is 1. The third kappa shape index (κ3) is 8.10. The Labute approximate surface area is 327 Å². The van der Waals surface area contributed by atoms with E-state index < -0.39 is 0 Å². The normalized spacial score (nSPS) is 11.1. The lowest BCUT2D eigenvalue weighted by Gasteiger charge is -2.13. The number of ketones is 1. The molecule has 0 unspecified atom stereocenters. The SMILES string of the molecule is COc1ccc(-c2cc(-c3nnc(SCC(=O)Nc4ccc(C(=O)/C=C/c5cc(OC)c(OC)c(OC)c5)cc4)n3-c3ccccc3)c3ccccc3n2)cc1. The van der Waals surface area contributed by atoms with Crippen molar-refractivity contribution in [3.63, 3.8) is 0 Å². The molecule has 0 aliphatic rings. The lowest BCUT2D eigenvalue weighted by molar-refractivity contribution is -0.113. The number of nitrogens with one attached hydrogen (secondary N) is 1. The van der Waals surface area contributed by atoms with Gasteiger partial charge in [0.15, 0.2) is 28.3 Å². The average molecular weight is 764 g/mol. The van der Waals surface area contributed by atoms with E-state index in [2.05, 4.69) is 15.5 Å². The molecule has 2 aromatic heterocycles. The van der Waals surface area contributed by atoms with E-state index in [-0.39, 0.29) is 17.4 Å². The van der Waals surface area contributed by atoms with Gasteiger partial charge < -0.3 is 24.3 Å². The molecule has 56 heavy (non-hydrogen) atoms. The number of amides is 1. The van der Waals surface area contributed by atoms with Crippen LogP contribution in [-0.2, 0) is 4.79 Å². The predicted octanol–water partition coefficient (Wildman–Crippen LogP) is 8.81. The first kappa shape index (κ1) is 37.4. The van der Waals surface area contributed by atoms with E-state index in [9.17, 15) is 9.59 Å². The third-order valence-electron chi connectivity index (χ3n) is 8.89. The Morgan fingerprint density at radius 3 is 2.12 bits per heavy atom. The number of methoxy groups -OCH3 is 4. The first-order chi connectivity index (χ1) is 27.4. The summed E-state index contributed by atoms with van der Waals surface area (Å²) in [5.41, 5.74) is 5.94. The molecule has 0 saturated carbocycles. The minimum absolute atomic E-state index is 0.0668. The highest BCUT2D eigenvalue weighted by Gasteiger charge is 2.21. The summed E-state index contributed by atoms with van der Waals surface area (Å²) in [6.07, 6.45) is 3.15. The topological polar surface area (TPSA) is 127 Å². The van der Waals surface area contributed by atoms with Crippen molar-refractivity contribution in [2.24, 2.45) is 0 Å². The fourth-order valence-electron chi connectivity index (χ4n) is 6.13. The van der Waals surface area contributed by atoms with Gasteiger partial charge in [-0.25, -0.2) is 4.98 Å². The van der Waals surface area contributed by atoms with Crippen LogP contribution >= 0.6 is 11.8 Å². The number of carbonyl (C=O) groups excluding carboxylic acids is 2. The molecular weight excluding hydrogens is 727 g/mol. The molecule has 7 aromatic rings. The van der Waals surface area contributed by atoms with E-state index in [1.165, 1.54) is 39.2 Å². The monoisotopic (exact) mass is 763 g/mol. The van der Waals surface area contributed by atoms with Crippen LogP contribution in [0.25, 0.3) is 45.3 Å². The number of aromatic nitrogens is 4. The molecule has 2 heterocycles. The molecule has 5 aromatic carbocycles. The summed E-state index contributed by atoms with van der Waals surface area (Å²) in [6, 6.07) is 37.8. The highest BCUT2D eigenvalue weighted by atomic mass is 32.2. The number of thioether (sulfide) groups is 1. The summed E-state index contributed by atoms with van der Waals surface area (Å²) in [5.74, 6) is 2.44. The Kier molecular flexibility index (Phi) is 11.4. The first-order valence-corrected chi connectivity index (χ1v) is 18.5. The average Bonchev–Trinajstić information content (AvgIpc) is 3.68. The molecule has 12 heteroatoms. The van der Waals surface area contributed by atoms with Gasteiger partial charge in [-0.15, -0.1) is 10.2 Å². The number of carbonyl (C=O) groups is 2. The number of rotatable bonds is 14. The smallest absolute Gasteiger partial charge is 0.234 e. The zero-order chi connectivity index (χ0) is 39.0. The molecule has 1 amide bonds. The summed E-state index contributed by atoms with van der Waals surface area (Å²) in [5, 5.41) is 13.6. The lowest BCUT2D eigenvalue weighted by atomic mass is 10.0. The van der Waals surface area contributed by atoms with Crippen LogP contribution in [0.2, 0.25) is 0 Å². The van der Waals surface area contributed by atoms with E-state index in [0.29, 0.717) is 45.0 Å². The molecule has 280 valence electrons. The number of hydrogen-bond donors (Lipinski definition) is 1. The van der Waals surface area contributed by atoms with E-state index in [0.717, 1.165) is 39.2 Å². The molecule has 0 atom stereocenters. The minimum Gasteiger partial charge on any atom is -0.497 e. The zero-order valence-electron chi connectivity index (χ0n) is 31.1. The van der Waals surface area contributed by atoms with Crippen molar-refractivity contribution in [1.82, 2.24) is 19.7 Å².